The predicted octanol–water partition coefficient (Wildman–Crippen LogP) is 3.07. The molecule has 1 aromatic rings. The van der Waals surface area contributed by atoms with E-state index in [9.17, 15) is 18.0 Å². The molecular weight excluding hydrogens is 217 g/mol. The van der Waals surface area contributed by atoms with Crippen LogP contribution < -0.4 is 0 Å². The van der Waals surface area contributed by atoms with Crippen molar-refractivity contribution >= 4 is 11.4 Å². The lowest BCUT2D eigenvalue weighted by molar-refractivity contribution is -0.114. The van der Waals surface area contributed by atoms with Crippen LogP contribution in [0.4, 0.5) is 13.2 Å². The van der Waals surface area contributed by atoms with Crippen molar-refractivity contribution in [2.75, 3.05) is 0 Å². The lowest BCUT2D eigenvalue weighted by atomic mass is 9.89. The summed E-state index contributed by atoms with van der Waals surface area (Å²) in [6.45, 7) is 1.79. The highest BCUT2D eigenvalue weighted by Crippen LogP contribution is 2.38. The SMILES string of the molecule is Cc1ccc2c(c1)CC(=O)C=C2C(F)(F)F. The fraction of sp³-hybridized carbons (Fsp3) is 0.250. The highest BCUT2D eigenvalue weighted by Gasteiger charge is 2.38. The smallest absolute Gasteiger partial charge is 0.294 e. The van der Waals surface area contributed by atoms with E-state index < -0.39 is 17.5 Å². The van der Waals surface area contributed by atoms with Gasteiger partial charge < -0.3 is 0 Å². The molecular formula is C12H9F3O. The average molecular weight is 226 g/mol. The number of allylic oxidation sites excluding steroid dienone is 2. The molecule has 0 aromatic heterocycles. The number of halogens is 3. The first-order valence-electron chi connectivity index (χ1n) is 4.79. The third kappa shape index (κ3) is 1.87. The second-order valence-electron chi connectivity index (χ2n) is 3.86. The van der Waals surface area contributed by atoms with Gasteiger partial charge >= 0.3 is 6.18 Å². The lowest BCUT2D eigenvalue weighted by Gasteiger charge is -2.19. The van der Waals surface area contributed by atoms with Gasteiger partial charge in [0.15, 0.2) is 5.78 Å². The summed E-state index contributed by atoms with van der Waals surface area (Å²) < 4.78 is 38.0. The summed E-state index contributed by atoms with van der Waals surface area (Å²) in [5.74, 6) is -0.495. The van der Waals surface area contributed by atoms with E-state index in [-0.39, 0.29) is 12.0 Å². The number of ketones is 1. The van der Waals surface area contributed by atoms with Gasteiger partial charge in [0.05, 0.1) is 5.57 Å². The van der Waals surface area contributed by atoms with E-state index in [4.69, 9.17) is 0 Å². The number of alkyl halides is 3. The minimum atomic E-state index is -4.47. The van der Waals surface area contributed by atoms with Crippen molar-refractivity contribution in [1.29, 1.82) is 0 Å². The van der Waals surface area contributed by atoms with Crippen LogP contribution in [-0.2, 0) is 11.2 Å². The molecule has 0 spiro atoms. The molecule has 0 bridgehead atoms. The Hall–Kier alpha value is -1.58. The Labute approximate surface area is 90.6 Å². The van der Waals surface area contributed by atoms with Gasteiger partial charge in [-0.3, -0.25) is 4.79 Å². The molecule has 0 N–H and O–H groups in total. The number of carbonyl (C=O) groups excluding carboxylic acids is 1. The molecule has 0 saturated carbocycles. The summed E-state index contributed by atoms with van der Waals surface area (Å²) in [5, 5.41) is 0. The highest BCUT2D eigenvalue weighted by atomic mass is 19.4. The molecule has 1 aliphatic carbocycles. The molecule has 0 unspecified atom stereocenters. The standard InChI is InChI=1S/C12H9F3O/c1-7-2-3-10-8(4-7)5-9(16)6-11(10)12(13,14)15/h2-4,6H,5H2,1H3. The van der Waals surface area contributed by atoms with Crippen molar-refractivity contribution in [3.63, 3.8) is 0 Å². The molecule has 0 fully saturated rings. The summed E-state index contributed by atoms with van der Waals surface area (Å²) in [7, 11) is 0. The van der Waals surface area contributed by atoms with Gasteiger partial charge in [0.2, 0.25) is 0 Å². The first-order valence-corrected chi connectivity index (χ1v) is 4.79. The predicted molar refractivity (Wildman–Crippen MR) is 53.9 cm³/mol. The third-order valence-electron chi connectivity index (χ3n) is 2.53. The van der Waals surface area contributed by atoms with Gasteiger partial charge in [-0.1, -0.05) is 23.8 Å². The molecule has 4 heteroatoms. The zero-order valence-corrected chi connectivity index (χ0v) is 8.56. The Morgan fingerprint density at radius 3 is 2.56 bits per heavy atom. The molecule has 1 aliphatic rings. The number of hydrogen-bond acceptors (Lipinski definition) is 1. The Bertz CT molecular complexity index is 484. The van der Waals surface area contributed by atoms with Gasteiger partial charge in [0, 0.05) is 6.42 Å². The summed E-state index contributed by atoms with van der Waals surface area (Å²) in [6, 6.07) is 4.68. The molecule has 84 valence electrons. The van der Waals surface area contributed by atoms with Crippen LogP contribution in [0.1, 0.15) is 16.7 Å². The van der Waals surface area contributed by atoms with E-state index in [1.807, 2.05) is 0 Å². The summed E-state index contributed by atoms with van der Waals surface area (Å²) in [4.78, 5) is 11.2. The van der Waals surface area contributed by atoms with E-state index in [0.717, 1.165) is 5.56 Å². The van der Waals surface area contributed by atoms with Crippen LogP contribution in [0.15, 0.2) is 24.3 Å². The average Bonchev–Trinajstić information content (AvgIpc) is 2.14. The topological polar surface area (TPSA) is 17.1 Å². The van der Waals surface area contributed by atoms with Crippen LogP contribution in [0.2, 0.25) is 0 Å². The van der Waals surface area contributed by atoms with Gasteiger partial charge in [0.1, 0.15) is 0 Å². The minimum Gasteiger partial charge on any atom is -0.294 e. The molecule has 1 aromatic carbocycles. The van der Waals surface area contributed by atoms with Crippen molar-refractivity contribution in [2.45, 2.75) is 19.5 Å². The van der Waals surface area contributed by atoms with Crippen molar-refractivity contribution in [1.82, 2.24) is 0 Å². The summed E-state index contributed by atoms with van der Waals surface area (Å²) in [5.41, 5.74) is 0.603. The number of benzene rings is 1. The molecule has 0 amide bonds. The molecule has 0 saturated heterocycles. The van der Waals surface area contributed by atoms with E-state index in [0.29, 0.717) is 11.6 Å². The third-order valence-corrected chi connectivity index (χ3v) is 2.53. The molecule has 2 rings (SSSR count). The van der Waals surface area contributed by atoms with E-state index in [1.54, 1.807) is 19.1 Å². The quantitative estimate of drug-likeness (QED) is 0.664. The monoisotopic (exact) mass is 226 g/mol. The molecule has 1 nitrogen and oxygen atoms in total. The van der Waals surface area contributed by atoms with Crippen LogP contribution in [0.5, 0.6) is 0 Å². The Morgan fingerprint density at radius 1 is 1.25 bits per heavy atom. The van der Waals surface area contributed by atoms with E-state index in [1.165, 1.54) is 6.07 Å². The molecule has 16 heavy (non-hydrogen) atoms. The normalized spacial score (nSPS) is 15.8. The second kappa shape index (κ2) is 3.47. The van der Waals surface area contributed by atoms with Crippen molar-refractivity contribution in [2.24, 2.45) is 0 Å². The Morgan fingerprint density at radius 2 is 1.94 bits per heavy atom. The van der Waals surface area contributed by atoms with Gasteiger partial charge in [-0.2, -0.15) is 13.2 Å². The molecule has 0 atom stereocenters. The number of fused-ring (bicyclic) bond motifs is 1. The van der Waals surface area contributed by atoms with Gasteiger partial charge in [-0.05, 0) is 24.1 Å². The fourth-order valence-electron chi connectivity index (χ4n) is 1.84. The van der Waals surface area contributed by atoms with Crippen LogP contribution in [0, 0.1) is 6.92 Å². The van der Waals surface area contributed by atoms with E-state index in [2.05, 4.69) is 0 Å². The van der Waals surface area contributed by atoms with Crippen LogP contribution in [0.3, 0.4) is 0 Å². The molecule has 0 heterocycles. The van der Waals surface area contributed by atoms with Crippen molar-refractivity contribution < 1.29 is 18.0 Å². The maximum absolute atomic E-state index is 12.7. The first-order chi connectivity index (χ1) is 7.38. The zero-order chi connectivity index (χ0) is 11.9. The van der Waals surface area contributed by atoms with Crippen molar-refractivity contribution in [3.05, 3.63) is 41.0 Å². The van der Waals surface area contributed by atoms with E-state index >= 15 is 0 Å². The largest absolute Gasteiger partial charge is 0.417 e. The summed E-state index contributed by atoms with van der Waals surface area (Å²) >= 11 is 0. The Balaban J connectivity index is 2.61. The van der Waals surface area contributed by atoms with Crippen LogP contribution >= 0.6 is 0 Å². The van der Waals surface area contributed by atoms with Gasteiger partial charge in [-0.15, -0.1) is 0 Å². The molecule has 0 radical (unpaired) electrons. The first kappa shape index (κ1) is 10.9. The maximum Gasteiger partial charge on any atom is 0.417 e. The number of hydrogen-bond donors (Lipinski definition) is 0. The number of carbonyl (C=O) groups is 1. The lowest BCUT2D eigenvalue weighted by Crippen LogP contribution is -2.19. The second-order valence-corrected chi connectivity index (χ2v) is 3.86. The Kier molecular flexibility index (Phi) is 2.37. The number of aryl methyl sites for hydroxylation is 1. The van der Waals surface area contributed by atoms with Gasteiger partial charge in [0.25, 0.3) is 0 Å². The van der Waals surface area contributed by atoms with Crippen LogP contribution in [-0.4, -0.2) is 12.0 Å². The summed E-state index contributed by atoms with van der Waals surface area (Å²) in [6.07, 6.45) is -3.73. The minimum absolute atomic E-state index is 0.0522. The zero-order valence-electron chi connectivity index (χ0n) is 8.56. The fourth-order valence-corrected chi connectivity index (χ4v) is 1.84. The number of rotatable bonds is 0. The highest BCUT2D eigenvalue weighted by molar-refractivity contribution is 6.02. The van der Waals surface area contributed by atoms with Crippen LogP contribution in [0.25, 0.3) is 5.57 Å². The van der Waals surface area contributed by atoms with Crippen molar-refractivity contribution in [3.8, 4) is 0 Å². The molecule has 0 aliphatic heterocycles. The van der Waals surface area contributed by atoms with Gasteiger partial charge in [-0.25, -0.2) is 0 Å². The maximum atomic E-state index is 12.7.